The van der Waals surface area contributed by atoms with Crippen LogP contribution in [0, 0.1) is 0 Å². The minimum absolute atomic E-state index is 0.115. The summed E-state index contributed by atoms with van der Waals surface area (Å²) in [5, 5.41) is 3.54. The Hall–Kier alpha value is -1.13. The number of pyridine rings is 1. The Morgan fingerprint density at radius 2 is 2.25 bits per heavy atom. The zero-order valence-electron chi connectivity index (χ0n) is 13.1. The number of hydrogen-bond donors (Lipinski definition) is 1. The summed E-state index contributed by atoms with van der Waals surface area (Å²) in [6, 6.07) is 2.12. The fourth-order valence-electron chi connectivity index (χ4n) is 2.57. The molecule has 1 fully saturated rings. The van der Waals surface area contributed by atoms with Crippen molar-refractivity contribution < 1.29 is 4.74 Å². The van der Waals surface area contributed by atoms with Gasteiger partial charge < -0.3 is 15.0 Å². The molecule has 2 heterocycles. The number of nitrogens with one attached hydrogen (secondary N) is 1. The fraction of sp³-hybridized carbons (Fsp3) is 0.688. The quantitative estimate of drug-likeness (QED) is 0.918. The number of piperidine rings is 1. The van der Waals surface area contributed by atoms with Crippen LogP contribution in [0.1, 0.15) is 39.2 Å². The fourth-order valence-corrected chi connectivity index (χ4v) is 2.57. The molecule has 0 aromatic carbocycles. The van der Waals surface area contributed by atoms with Crippen LogP contribution in [0.4, 0.5) is 5.69 Å². The molecular weight excluding hydrogens is 250 g/mol. The monoisotopic (exact) mass is 277 g/mol. The molecule has 20 heavy (non-hydrogen) atoms. The van der Waals surface area contributed by atoms with E-state index in [1.54, 1.807) is 0 Å². The van der Waals surface area contributed by atoms with Crippen molar-refractivity contribution in [1.29, 1.82) is 0 Å². The van der Waals surface area contributed by atoms with Gasteiger partial charge in [0, 0.05) is 55.9 Å². The standard InChI is InChI=1S/C16H27N3O/c1-16(2,3)18-11-13-10-17-8-7-15(13)19-9-5-6-14(12-19)20-4/h7-8,10,14,18H,5-6,9,11-12H2,1-4H3. The largest absolute Gasteiger partial charge is 0.380 e. The Balaban J connectivity index is 2.10. The molecule has 0 radical (unpaired) electrons. The van der Waals surface area contributed by atoms with Crippen molar-refractivity contribution in [1.82, 2.24) is 10.3 Å². The minimum Gasteiger partial charge on any atom is -0.380 e. The summed E-state index contributed by atoms with van der Waals surface area (Å²) in [7, 11) is 1.81. The second kappa shape index (κ2) is 6.55. The second-order valence-electron chi connectivity index (χ2n) is 6.55. The molecule has 0 saturated carbocycles. The van der Waals surface area contributed by atoms with E-state index >= 15 is 0 Å². The molecule has 1 aromatic heterocycles. The highest BCUT2D eigenvalue weighted by atomic mass is 16.5. The minimum atomic E-state index is 0.115. The summed E-state index contributed by atoms with van der Waals surface area (Å²) in [4.78, 5) is 6.71. The van der Waals surface area contributed by atoms with E-state index in [4.69, 9.17) is 4.74 Å². The molecule has 0 bridgehead atoms. The van der Waals surface area contributed by atoms with Gasteiger partial charge in [-0.05, 0) is 39.7 Å². The zero-order chi connectivity index (χ0) is 14.6. The molecule has 1 aliphatic heterocycles. The van der Waals surface area contributed by atoms with E-state index in [1.165, 1.54) is 17.7 Å². The third-order valence-electron chi connectivity index (χ3n) is 3.74. The number of nitrogens with zero attached hydrogens (tertiary/aromatic N) is 2. The highest BCUT2D eigenvalue weighted by molar-refractivity contribution is 5.52. The number of aromatic nitrogens is 1. The van der Waals surface area contributed by atoms with Gasteiger partial charge in [0.05, 0.1) is 6.10 Å². The molecule has 1 aromatic rings. The number of hydrogen-bond acceptors (Lipinski definition) is 4. The summed E-state index contributed by atoms with van der Waals surface area (Å²) in [6.07, 6.45) is 6.55. The topological polar surface area (TPSA) is 37.4 Å². The first kappa shape index (κ1) is 15.3. The molecule has 112 valence electrons. The van der Waals surface area contributed by atoms with Gasteiger partial charge in [0.1, 0.15) is 0 Å². The predicted molar refractivity (Wildman–Crippen MR) is 83.1 cm³/mol. The van der Waals surface area contributed by atoms with Crippen LogP contribution in [-0.4, -0.2) is 36.8 Å². The van der Waals surface area contributed by atoms with Crippen molar-refractivity contribution in [2.45, 2.75) is 51.8 Å². The van der Waals surface area contributed by atoms with Crippen molar-refractivity contribution in [2.75, 3.05) is 25.1 Å². The Morgan fingerprint density at radius 3 is 2.95 bits per heavy atom. The van der Waals surface area contributed by atoms with Crippen LogP contribution in [0.25, 0.3) is 0 Å². The molecule has 1 unspecified atom stereocenters. The van der Waals surface area contributed by atoms with E-state index in [2.05, 4.69) is 42.0 Å². The predicted octanol–water partition coefficient (Wildman–Crippen LogP) is 2.58. The van der Waals surface area contributed by atoms with E-state index in [-0.39, 0.29) is 5.54 Å². The summed E-state index contributed by atoms with van der Waals surface area (Å²) < 4.78 is 5.52. The van der Waals surface area contributed by atoms with Crippen molar-refractivity contribution in [3.63, 3.8) is 0 Å². The maximum Gasteiger partial charge on any atom is 0.0746 e. The second-order valence-corrected chi connectivity index (χ2v) is 6.55. The van der Waals surface area contributed by atoms with Crippen LogP contribution >= 0.6 is 0 Å². The average Bonchev–Trinajstić information content (AvgIpc) is 2.45. The Labute approximate surface area is 122 Å². The molecule has 4 nitrogen and oxygen atoms in total. The van der Waals surface area contributed by atoms with Crippen LogP contribution in [0.2, 0.25) is 0 Å². The van der Waals surface area contributed by atoms with Gasteiger partial charge in [0.15, 0.2) is 0 Å². The molecule has 1 N–H and O–H groups in total. The zero-order valence-corrected chi connectivity index (χ0v) is 13.1. The lowest BCUT2D eigenvalue weighted by molar-refractivity contribution is 0.0893. The third kappa shape index (κ3) is 4.18. The molecule has 1 aliphatic rings. The molecule has 0 aliphatic carbocycles. The van der Waals surface area contributed by atoms with Crippen LogP contribution in [0.3, 0.4) is 0 Å². The van der Waals surface area contributed by atoms with Crippen molar-refractivity contribution in [3.05, 3.63) is 24.0 Å². The van der Waals surface area contributed by atoms with Crippen LogP contribution < -0.4 is 10.2 Å². The van der Waals surface area contributed by atoms with Gasteiger partial charge in [-0.3, -0.25) is 4.98 Å². The molecule has 1 saturated heterocycles. The van der Waals surface area contributed by atoms with Gasteiger partial charge in [-0.2, -0.15) is 0 Å². The highest BCUT2D eigenvalue weighted by Gasteiger charge is 2.21. The third-order valence-corrected chi connectivity index (χ3v) is 3.74. The smallest absolute Gasteiger partial charge is 0.0746 e. The maximum absolute atomic E-state index is 5.52. The molecular formula is C16H27N3O. The van der Waals surface area contributed by atoms with E-state index in [0.717, 1.165) is 26.1 Å². The molecule has 1 atom stereocenters. The summed E-state index contributed by atoms with van der Waals surface area (Å²) in [5.41, 5.74) is 2.67. The number of rotatable bonds is 4. The van der Waals surface area contributed by atoms with Crippen molar-refractivity contribution >= 4 is 5.69 Å². The van der Waals surface area contributed by atoms with Crippen LogP contribution in [-0.2, 0) is 11.3 Å². The van der Waals surface area contributed by atoms with E-state index < -0.39 is 0 Å². The Morgan fingerprint density at radius 1 is 1.45 bits per heavy atom. The number of anilines is 1. The summed E-state index contributed by atoms with van der Waals surface area (Å²) in [5.74, 6) is 0. The first-order valence-electron chi connectivity index (χ1n) is 7.45. The summed E-state index contributed by atoms with van der Waals surface area (Å²) >= 11 is 0. The Bertz CT molecular complexity index is 428. The first-order chi connectivity index (χ1) is 9.49. The number of ether oxygens (including phenoxy) is 1. The van der Waals surface area contributed by atoms with Gasteiger partial charge in [-0.25, -0.2) is 0 Å². The number of methoxy groups -OCH3 is 1. The van der Waals surface area contributed by atoms with E-state index in [1.807, 2.05) is 19.5 Å². The van der Waals surface area contributed by atoms with Gasteiger partial charge in [-0.1, -0.05) is 0 Å². The maximum atomic E-state index is 5.52. The van der Waals surface area contributed by atoms with E-state index in [9.17, 15) is 0 Å². The Kier molecular flexibility index (Phi) is 5.00. The molecule has 0 amide bonds. The lowest BCUT2D eigenvalue weighted by Crippen LogP contribution is -2.40. The molecule has 4 heteroatoms. The average molecular weight is 277 g/mol. The SMILES string of the molecule is COC1CCCN(c2ccncc2CNC(C)(C)C)C1. The lowest BCUT2D eigenvalue weighted by atomic mass is 10.1. The van der Waals surface area contributed by atoms with Crippen LogP contribution in [0.15, 0.2) is 18.5 Å². The summed E-state index contributed by atoms with van der Waals surface area (Å²) in [6.45, 7) is 9.48. The molecule has 2 rings (SSSR count). The van der Waals surface area contributed by atoms with Crippen LogP contribution in [0.5, 0.6) is 0 Å². The van der Waals surface area contributed by atoms with Crippen molar-refractivity contribution in [3.8, 4) is 0 Å². The normalized spacial score (nSPS) is 20.2. The lowest BCUT2D eigenvalue weighted by Gasteiger charge is -2.35. The highest BCUT2D eigenvalue weighted by Crippen LogP contribution is 2.24. The van der Waals surface area contributed by atoms with Gasteiger partial charge in [0.2, 0.25) is 0 Å². The van der Waals surface area contributed by atoms with Gasteiger partial charge in [0.25, 0.3) is 0 Å². The van der Waals surface area contributed by atoms with Gasteiger partial charge >= 0.3 is 0 Å². The van der Waals surface area contributed by atoms with Crippen molar-refractivity contribution in [2.24, 2.45) is 0 Å². The van der Waals surface area contributed by atoms with Gasteiger partial charge in [-0.15, -0.1) is 0 Å². The first-order valence-corrected chi connectivity index (χ1v) is 7.45. The molecule has 0 spiro atoms. The van der Waals surface area contributed by atoms with E-state index in [0.29, 0.717) is 6.10 Å².